The van der Waals surface area contributed by atoms with E-state index in [1.807, 2.05) is 30.3 Å². The van der Waals surface area contributed by atoms with Crippen molar-refractivity contribution in [3.8, 4) is 5.88 Å². The molecule has 5 rings (SSSR count). The summed E-state index contributed by atoms with van der Waals surface area (Å²) < 4.78 is 22.3. The molecule has 3 aromatic heterocycles. The first-order chi connectivity index (χ1) is 13.3. The maximum Gasteiger partial charge on any atom is 0.238 e. The van der Waals surface area contributed by atoms with Crippen LogP contribution >= 0.6 is 11.3 Å². The summed E-state index contributed by atoms with van der Waals surface area (Å²) in [4.78, 5) is 7.97. The van der Waals surface area contributed by atoms with E-state index >= 15 is 0 Å². The van der Waals surface area contributed by atoms with E-state index in [1.54, 1.807) is 17.4 Å². The van der Waals surface area contributed by atoms with Crippen LogP contribution in [0.15, 0.2) is 54.0 Å². The molecule has 0 aliphatic carbocycles. The van der Waals surface area contributed by atoms with Crippen molar-refractivity contribution < 1.29 is 9.13 Å². The minimum atomic E-state index is -0.143. The zero-order valence-corrected chi connectivity index (χ0v) is 15.7. The Labute approximate surface area is 160 Å². The molecule has 1 fully saturated rings. The average Bonchev–Trinajstić information content (AvgIpc) is 3.36. The molecule has 0 radical (unpaired) electrons. The molecular formula is C21H20FN3OS. The van der Waals surface area contributed by atoms with E-state index in [2.05, 4.69) is 20.9 Å². The zero-order chi connectivity index (χ0) is 18.2. The number of anilines is 1. The minimum Gasteiger partial charge on any atom is -0.476 e. The van der Waals surface area contributed by atoms with E-state index in [0.29, 0.717) is 24.1 Å². The van der Waals surface area contributed by atoms with Crippen LogP contribution in [0.3, 0.4) is 0 Å². The maximum absolute atomic E-state index is 14.0. The van der Waals surface area contributed by atoms with Crippen LogP contribution in [-0.2, 0) is 0 Å². The SMILES string of the molecule is Fc1ccccc1N1CCC(COc2nc3ccsc3n3cccc23)CC1. The fourth-order valence-electron chi connectivity index (χ4n) is 3.81. The van der Waals surface area contributed by atoms with Crippen molar-refractivity contribution in [1.82, 2.24) is 9.38 Å². The van der Waals surface area contributed by atoms with Gasteiger partial charge in [0.25, 0.3) is 0 Å². The quantitative estimate of drug-likeness (QED) is 0.499. The minimum absolute atomic E-state index is 0.143. The lowest BCUT2D eigenvalue weighted by molar-refractivity contribution is 0.218. The van der Waals surface area contributed by atoms with Crippen LogP contribution in [0.25, 0.3) is 15.9 Å². The van der Waals surface area contributed by atoms with Crippen molar-refractivity contribution in [3.63, 3.8) is 0 Å². The number of hydrogen-bond acceptors (Lipinski definition) is 4. The molecule has 0 spiro atoms. The number of rotatable bonds is 4. The molecule has 1 saturated heterocycles. The topological polar surface area (TPSA) is 29.8 Å². The zero-order valence-electron chi connectivity index (χ0n) is 14.8. The number of piperidine rings is 1. The van der Waals surface area contributed by atoms with E-state index < -0.39 is 0 Å². The van der Waals surface area contributed by atoms with Gasteiger partial charge in [-0.3, -0.25) is 0 Å². The normalized spacial score (nSPS) is 15.7. The number of halogens is 1. The lowest BCUT2D eigenvalue weighted by Crippen LogP contribution is -2.36. The lowest BCUT2D eigenvalue weighted by atomic mass is 9.97. The Hall–Kier alpha value is -2.60. The number of para-hydroxylation sites is 1. The Kier molecular flexibility index (Phi) is 4.20. The largest absolute Gasteiger partial charge is 0.476 e. The number of hydrogen-bond donors (Lipinski definition) is 0. The van der Waals surface area contributed by atoms with Gasteiger partial charge in [-0.25, -0.2) is 9.37 Å². The van der Waals surface area contributed by atoms with Crippen LogP contribution < -0.4 is 9.64 Å². The monoisotopic (exact) mass is 381 g/mol. The van der Waals surface area contributed by atoms with Gasteiger partial charge < -0.3 is 14.0 Å². The molecule has 0 saturated carbocycles. The van der Waals surface area contributed by atoms with Gasteiger partial charge in [0.2, 0.25) is 5.88 Å². The van der Waals surface area contributed by atoms with Gasteiger partial charge >= 0.3 is 0 Å². The van der Waals surface area contributed by atoms with E-state index in [4.69, 9.17) is 9.72 Å². The Balaban J connectivity index is 1.27. The average molecular weight is 381 g/mol. The van der Waals surface area contributed by atoms with Gasteiger partial charge in [-0.15, -0.1) is 11.3 Å². The van der Waals surface area contributed by atoms with Crippen molar-refractivity contribution in [2.24, 2.45) is 5.92 Å². The summed E-state index contributed by atoms with van der Waals surface area (Å²) in [6.07, 6.45) is 4.04. The second-order valence-corrected chi connectivity index (χ2v) is 7.88. The first-order valence-corrected chi connectivity index (χ1v) is 10.1. The molecule has 27 heavy (non-hydrogen) atoms. The highest BCUT2D eigenvalue weighted by Gasteiger charge is 2.22. The van der Waals surface area contributed by atoms with Gasteiger partial charge in [-0.2, -0.15) is 0 Å². The summed E-state index contributed by atoms with van der Waals surface area (Å²) in [7, 11) is 0. The predicted octanol–water partition coefficient (Wildman–Crippen LogP) is 4.98. The van der Waals surface area contributed by atoms with Crippen LogP contribution in [0.2, 0.25) is 0 Å². The van der Waals surface area contributed by atoms with E-state index in [9.17, 15) is 4.39 Å². The molecule has 1 aromatic carbocycles. The third-order valence-electron chi connectivity index (χ3n) is 5.30. The molecule has 0 atom stereocenters. The van der Waals surface area contributed by atoms with Gasteiger partial charge in [0.1, 0.15) is 21.7 Å². The van der Waals surface area contributed by atoms with Crippen molar-refractivity contribution in [2.75, 3.05) is 24.6 Å². The van der Waals surface area contributed by atoms with Crippen LogP contribution in [-0.4, -0.2) is 29.1 Å². The third-order valence-corrected chi connectivity index (χ3v) is 6.20. The first-order valence-electron chi connectivity index (χ1n) is 9.26. The molecule has 0 bridgehead atoms. The second-order valence-electron chi connectivity index (χ2n) is 6.98. The van der Waals surface area contributed by atoms with Crippen LogP contribution in [0.5, 0.6) is 5.88 Å². The molecule has 1 aliphatic heterocycles. The molecule has 0 amide bonds. The number of fused-ring (bicyclic) bond motifs is 3. The number of benzene rings is 1. The summed E-state index contributed by atoms with van der Waals surface area (Å²) in [5.74, 6) is 1.02. The first kappa shape index (κ1) is 16.6. The van der Waals surface area contributed by atoms with Crippen molar-refractivity contribution in [1.29, 1.82) is 0 Å². The van der Waals surface area contributed by atoms with Crippen molar-refractivity contribution in [3.05, 3.63) is 59.9 Å². The molecule has 4 heterocycles. The molecule has 6 heteroatoms. The summed E-state index contributed by atoms with van der Waals surface area (Å²) in [5, 5.41) is 2.05. The van der Waals surface area contributed by atoms with Gasteiger partial charge in [0.05, 0.1) is 12.3 Å². The maximum atomic E-state index is 14.0. The highest BCUT2D eigenvalue weighted by Crippen LogP contribution is 2.29. The summed E-state index contributed by atoms with van der Waals surface area (Å²) in [6.45, 7) is 2.35. The highest BCUT2D eigenvalue weighted by atomic mass is 32.1. The van der Waals surface area contributed by atoms with E-state index in [1.165, 1.54) is 6.07 Å². The van der Waals surface area contributed by atoms with Gasteiger partial charge in [0, 0.05) is 19.3 Å². The fraction of sp³-hybridized carbons (Fsp3) is 0.286. The summed E-state index contributed by atoms with van der Waals surface area (Å²) in [5.41, 5.74) is 2.68. The number of ether oxygens (including phenoxy) is 1. The van der Waals surface area contributed by atoms with Gasteiger partial charge in [-0.05, 0) is 54.5 Å². The van der Waals surface area contributed by atoms with Crippen LogP contribution in [0.1, 0.15) is 12.8 Å². The van der Waals surface area contributed by atoms with Gasteiger partial charge in [-0.1, -0.05) is 12.1 Å². The smallest absolute Gasteiger partial charge is 0.238 e. The molecule has 138 valence electrons. The summed E-state index contributed by atoms with van der Waals surface area (Å²) >= 11 is 1.68. The van der Waals surface area contributed by atoms with Crippen LogP contribution in [0, 0.1) is 11.7 Å². The number of aromatic nitrogens is 2. The Morgan fingerprint density at radius 2 is 1.96 bits per heavy atom. The highest BCUT2D eigenvalue weighted by molar-refractivity contribution is 7.16. The third kappa shape index (κ3) is 3.04. The van der Waals surface area contributed by atoms with E-state index in [0.717, 1.165) is 41.8 Å². The van der Waals surface area contributed by atoms with Crippen LogP contribution in [0.4, 0.5) is 10.1 Å². The lowest BCUT2D eigenvalue weighted by Gasteiger charge is -2.33. The molecule has 4 nitrogen and oxygen atoms in total. The molecule has 4 aromatic rings. The van der Waals surface area contributed by atoms with E-state index in [-0.39, 0.29) is 5.82 Å². The van der Waals surface area contributed by atoms with Crippen molar-refractivity contribution >= 4 is 32.9 Å². The number of nitrogens with zero attached hydrogens (tertiary/aromatic N) is 3. The predicted molar refractivity (Wildman–Crippen MR) is 107 cm³/mol. The molecule has 0 N–H and O–H groups in total. The Bertz CT molecular complexity index is 1080. The van der Waals surface area contributed by atoms with Crippen molar-refractivity contribution in [2.45, 2.75) is 12.8 Å². The second kappa shape index (κ2) is 6.85. The number of thiophene rings is 1. The molecule has 1 aliphatic rings. The Morgan fingerprint density at radius 1 is 1.11 bits per heavy atom. The molecule has 0 unspecified atom stereocenters. The Morgan fingerprint density at radius 3 is 2.81 bits per heavy atom. The van der Waals surface area contributed by atoms with Gasteiger partial charge in [0.15, 0.2) is 0 Å². The fourth-order valence-corrected chi connectivity index (χ4v) is 4.64. The summed E-state index contributed by atoms with van der Waals surface area (Å²) in [6, 6.07) is 13.1. The standard InChI is InChI=1S/C21H20FN3OS/c22-16-4-1-2-5-18(16)24-11-7-15(8-12-24)14-26-20-19-6-3-10-25(19)21-17(23-20)9-13-27-21/h1-6,9-10,13,15H,7-8,11-12,14H2. The molecular weight excluding hydrogens is 361 g/mol.